The van der Waals surface area contributed by atoms with E-state index in [1.165, 1.54) is 19.1 Å². The molecule has 1 aromatic carbocycles. The van der Waals surface area contributed by atoms with Crippen LogP contribution in [0, 0.1) is 0 Å². The molecule has 8 nitrogen and oxygen atoms in total. The molecule has 0 saturated heterocycles. The molecule has 0 spiro atoms. The number of nitrogens with zero attached hydrogens (tertiary/aromatic N) is 2. The Hall–Kier alpha value is -2.98. The van der Waals surface area contributed by atoms with Gasteiger partial charge in [0.1, 0.15) is 0 Å². The Morgan fingerprint density at radius 2 is 1.74 bits per heavy atom. The predicted octanol–water partition coefficient (Wildman–Crippen LogP) is 1.93. The van der Waals surface area contributed by atoms with Gasteiger partial charge in [0.05, 0.1) is 6.61 Å². The molecule has 2 rings (SSSR count). The zero-order valence-corrected chi connectivity index (χ0v) is 14.3. The van der Waals surface area contributed by atoms with E-state index in [4.69, 9.17) is 4.74 Å². The zero-order valence-electron chi connectivity index (χ0n) is 14.3. The molecule has 1 atom stereocenters. The van der Waals surface area contributed by atoms with Gasteiger partial charge >= 0.3 is 23.8 Å². The molecule has 0 radical (unpaired) electrons. The number of hydrogen-bond acceptors (Lipinski definition) is 6. The molecule has 1 aromatic rings. The fourth-order valence-corrected chi connectivity index (χ4v) is 2.54. The lowest BCUT2D eigenvalue weighted by Crippen LogP contribution is -2.61. The minimum atomic E-state index is -4.69. The highest BCUT2D eigenvalue weighted by Gasteiger charge is 2.65. The maximum absolute atomic E-state index is 13.0. The van der Waals surface area contributed by atoms with Gasteiger partial charge in [0, 0.05) is 18.9 Å². The Morgan fingerprint density at radius 3 is 2.11 bits per heavy atom. The summed E-state index contributed by atoms with van der Waals surface area (Å²) in [4.78, 5) is 35.4. The molecule has 0 bridgehead atoms. The highest BCUT2D eigenvalue weighted by Crippen LogP contribution is 2.52. The number of amides is 1. The van der Waals surface area contributed by atoms with Crippen LogP contribution in [0.25, 0.3) is 0 Å². The van der Waals surface area contributed by atoms with Crippen LogP contribution in [0.3, 0.4) is 0 Å². The van der Waals surface area contributed by atoms with Gasteiger partial charge in [-0.2, -0.15) is 13.2 Å². The third-order valence-electron chi connectivity index (χ3n) is 3.90. The number of ether oxygens (including phenoxy) is 1. The predicted molar refractivity (Wildman–Crippen MR) is 83.6 cm³/mol. The number of carboxylic acid groups (broad SMARTS) is 1. The molecule has 11 heteroatoms. The molecule has 2 N–H and O–H groups in total. The van der Waals surface area contributed by atoms with Crippen molar-refractivity contribution in [1.29, 1.82) is 0 Å². The molecule has 146 valence electrons. The van der Waals surface area contributed by atoms with Crippen molar-refractivity contribution < 1.29 is 37.4 Å². The van der Waals surface area contributed by atoms with Crippen molar-refractivity contribution in [1.82, 2.24) is 5.32 Å². The summed E-state index contributed by atoms with van der Waals surface area (Å²) in [5.41, 5.74) is -5.05. The van der Waals surface area contributed by atoms with E-state index in [9.17, 15) is 32.7 Å². The number of hydrogen-bond donors (Lipinski definition) is 2. The Bertz CT molecular complexity index is 785. The first-order chi connectivity index (χ1) is 12.5. The van der Waals surface area contributed by atoms with Crippen LogP contribution in [-0.2, 0) is 31.2 Å². The van der Waals surface area contributed by atoms with E-state index in [0.29, 0.717) is 0 Å². The Balaban J connectivity index is 2.34. The molecule has 0 saturated carbocycles. The van der Waals surface area contributed by atoms with E-state index in [1.807, 2.05) is 0 Å². The number of carbonyl (C=O) groups is 3. The molecule has 1 unspecified atom stereocenters. The van der Waals surface area contributed by atoms with Gasteiger partial charge < -0.3 is 15.2 Å². The highest BCUT2D eigenvalue weighted by molar-refractivity contribution is 6.07. The number of alkyl halides is 3. The number of esters is 1. The SMILES string of the molecule is CCOC(=O)C(Cc1ccc(C2(C(F)(F)F)N=N2)cc1)(NC(C)=O)C(=O)O. The first kappa shape index (κ1) is 20.3. The Labute approximate surface area is 151 Å². The van der Waals surface area contributed by atoms with Gasteiger partial charge in [-0.3, -0.25) is 4.79 Å². The summed E-state index contributed by atoms with van der Waals surface area (Å²) in [5, 5.41) is 17.8. The molecule has 0 fully saturated rings. The molecule has 1 aliphatic heterocycles. The van der Waals surface area contributed by atoms with E-state index >= 15 is 0 Å². The largest absolute Gasteiger partial charge is 0.479 e. The monoisotopic (exact) mass is 387 g/mol. The fraction of sp³-hybridized carbons (Fsp3) is 0.438. The third-order valence-corrected chi connectivity index (χ3v) is 3.90. The average Bonchev–Trinajstić information content (AvgIpc) is 3.36. The van der Waals surface area contributed by atoms with Gasteiger partial charge in [-0.15, -0.1) is 10.2 Å². The number of halogens is 3. The molecular formula is C16H16F3N3O5. The van der Waals surface area contributed by atoms with Crippen LogP contribution in [0.5, 0.6) is 0 Å². The lowest BCUT2D eigenvalue weighted by atomic mass is 9.89. The van der Waals surface area contributed by atoms with Crippen LogP contribution in [0.4, 0.5) is 13.2 Å². The maximum Gasteiger partial charge on any atom is 0.442 e. The van der Waals surface area contributed by atoms with Gasteiger partial charge in [0.25, 0.3) is 0 Å². The van der Waals surface area contributed by atoms with Crippen molar-refractivity contribution in [3.8, 4) is 0 Å². The van der Waals surface area contributed by atoms with E-state index in [2.05, 4.69) is 15.5 Å². The number of carbonyl (C=O) groups excluding carboxylic acids is 2. The summed E-state index contributed by atoms with van der Waals surface area (Å²) in [6, 6.07) is 4.61. The topological polar surface area (TPSA) is 117 Å². The highest BCUT2D eigenvalue weighted by atomic mass is 19.4. The van der Waals surface area contributed by atoms with Gasteiger partial charge in [0.2, 0.25) is 11.4 Å². The van der Waals surface area contributed by atoms with Crippen LogP contribution in [-0.4, -0.2) is 41.3 Å². The molecular weight excluding hydrogens is 371 g/mol. The van der Waals surface area contributed by atoms with Crippen molar-refractivity contribution >= 4 is 17.8 Å². The van der Waals surface area contributed by atoms with E-state index < -0.39 is 41.6 Å². The number of rotatable bonds is 7. The summed E-state index contributed by atoms with van der Waals surface area (Å²) >= 11 is 0. The second-order valence-corrected chi connectivity index (χ2v) is 5.86. The second kappa shape index (κ2) is 6.97. The smallest absolute Gasteiger partial charge is 0.442 e. The van der Waals surface area contributed by atoms with Crippen molar-refractivity contribution in [2.24, 2.45) is 10.2 Å². The van der Waals surface area contributed by atoms with Crippen LogP contribution in [0.2, 0.25) is 0 Å². The molecule has 1 amide bonds. The number of carboxylic acids is 1. The van der Waals surface area contributed by atoms with Crippen LogP contribution in [0.15, 0.2) is 34.5 Å². The molecule has 1 aliphatic rings. The van der Waals surface area contributed by atoms with Crippen molar-refractivity contribution in [2.75, 3.05) is 6.61 Å². The molecule has 0 aliphatic carbocycles. The quantitative estimate of drug-likeness (QED) is 0.548. The lowest BCUT2D eigenvalue weighted by molar-refractivity contribution is -0.166. The van der Waals surface area contributed by atoms with Gasteiger partial charge in [-0.1, -0.05) is 24.3 Å². The van der Waals surface area contributed by atoms with E-state index in [0.717, 1.165) is 19.1 Å². The molecule has 0 aromatic heterocycles. The molecule has 27 heavy (non-hydrogen) atoms. The maximum atomic E-state index is 13.0. The first-order valence-corrected chi connectivity index (χ1v) is 7.78. The fourth-order valence-electron chi connectivity index (χ4n) is 2.54. The second-order valence-electron chi connectivity index (χ2n) is 5.86. The van der Waals surface area contributed by atoms with Crippen molar-refractivity contribution in [2.45, 2.75) is 37.6 Å². The number of benzene rings is 1. The Kier molecular flexibility index (Phi) is 5.25. The standard InChI is InChI=1S/C16H16F3N3O5/c1-3-27-13(26)14(12(24)25,20-9(2)23)8-10-4-6-11(7-5-10)15(21-22-15)16(17,18)19/h4-7H,3,8H2,1-2H3,(H,20,23)(H,24,25). The molecule has 1 heterocycles. The lowest BCUT2D eigenvalue weighted by Gasteiger charge is -2.28. The Morgan fingerprint density at radius 1 is 1.19 bits per heavy atom. The van der Waals surface area contributed by atoms with E-state index in [1.54, 1.807) is 0 Å². The summed E-state index contributed by atoms with van der Waals surface area (Å²) in [5.74, 6) is -3.62. The average molecular weight is 387 g/mol. The van der Waals surface area contributed by atoms with Crippen LogP contribution < -0.4 is 5.32 Å². The minimum Gasteiger partial charge on any atom is -0.479 e. The normalized spacial score (nSPS) is 16.9. The van der Waals surface area contributed by atoms with Crippen LogP contribution in [0.1, 0.15) is 25.0 Å². The first-order valence-electron chi connectivity index (χ1n) is 7.78. The van der Waals surface area contributed by atoms with Gasteiger partial charge in [0.15, 0.2) is 0 Å². The minimum absolute atomic E-state index is 0.122. The van der Waals surface area contributed by atoms with Crippen molar-refractivity contribution in [3.63, 3.8) is 0 Å². The zero-order chi connectivity index (χ0) is 20.5. The summed E-state index contributed by atoms with van der Waals surface area (Å²) < 4.78 is 43.8. The summed E-state index contributed by atoms with van der Waals surface area (Å²) in [7, 11) is 0. The van der Waals surface area contributed by atoms with Crippen molar-refractivity contribution in [3.05, 3.63) is 35.4 Å². The van der Waals surface area contributed by atoms with E-state index in [-0.39, 0.29) is 17.7 Å². The van der Waals surface area contributed by atoms with Gasteiger partial charge in [-0.05, 0) is 12.5 Å². The number of aliphatic carboxylic acids is 1. The number of nitrogens with one attached hydrogen (secondary N) is 1. The van der Waals surface area contributed by atoms with Crippen LogP contribution >= 0.6 is 0 Å². The summed E-state index contributed by atoms with van der Waals surface area (Å²) in [6.45, 7) is 2.37. The summed E-state index contributed by atoms with van der Waals surface area (Å²) in [6.07, 6.45) is -5.21. The third kappa shape index (κ3) is 3.76. The van der Waals surface area contributed by atoms with Gasteiger partial charge in [-0.25, -0.2) is 9.59 Å².